The normalized spacial score (nSPS) is 11.9. The van der Waals surface area contributed by atoms with Crippen LogP contribution < -0.4 is 5.32 Å². The number of furan rings is 1. The summed E-state index contributed by atoms with van der Waals surface area (Å²) in [6.07, 6.45) is 1.29. The van der Waals surface area contributed by atoms with Gasteiger partial charge in [-0.1, -0.05) is 30.3 Å². The number of benzene rings is 1. The van der Waals surface area contributed by atoms with Crippen LogP contribution in [0.1, 0.15) is 27.0 Å². The summed E-state index contributed by atoms with van der Waals surface area (Å²) in [5.74, 6) is -1.18. The van der Waals surface area contributed by atoms with Crippen molar-refractivity contribution >= 4 is 23.2 Å². The first-order chi connectivity index (χ1) is 11.5. The van der Waals surface area contributed by atoms with Crippen molar-refractivity contribution < 1.29 is 19.1 Å². The maximum absolute atomic E-state index is 12.3. The first-order valence-electron chi connectivity index (χ1n) is 7.14. The third kappa shape index (κ3) is 3.36. The lowest BCUT2D eigenvalue weighted by atomic mass is 10.1. The quantitative estimate of drug-likeness (QED) is 0.742. The summed E-state index contributed by atoms with van der Waals surface area (Å²) < 4.78 is 5.37. The van der Waals surface area contributed by atoms with E-state index in [2.05, 4.69) is 10.3 Å². The van der Waals surface area contributed by atoms with Gasteiger partial charge in [0.15, 0.2) is 11.8 Å². The highest BCUT2D eigenvalue weighted by Gasteiger charge is 2.23. The SMILES string of the molecule is Cc1nc(-c2cc(C(=O)N[C@H](C(=O)O)c3ccccc3)co2)cs1. The lowest BCUT2D eigenvalue weighted by Gasteiger charge is -2.14. The second-order valence-electron chi connectivity index (χ2n) is 5.11. The molecule has 3 rings (SSSR count). The fourth-order valence-electron chi connectivity index (χ4n) is 2.21. The van der Waals surface area contributed by atoms with Crippen LogP contribution in [0.3, 0.4) is 0 Å². The van der Waals surface area contributed by atoms with E-state index in [0.717, 1.165) is 5.01 Å². The van der Waals surface area contributed by atoms with Gasteiger partial charge in [0.25, 0.3) is 5.91 Å². The van der Waals surface area contributed by atoms with Gasteiger partial charge in [0.05, 0.1) is 10.6 Å². The first-order valence-corrected chi connectivity index (χ1v) is 8.02. The minimum Gasteiger partial charge on any atom is -0.479 e. The van der Waals surface area contributed by atoms with E-state index in [1.165, 1.54) is 17.6 Å². The van der Waals surface area contributed by atoms with Gasteiger partial charge in [0.2, 0.25) is 0 Å². The molecule has 0 spiro atoms. The molecule has 0 saturated carbocycles. The monoisotopic (exact) mass is 342 g/mol. The number of hydrogen-bond donors (Lipinski definition) is 2. The molecule has 3 aromatic rings. The maximum atomic E-state index is 12.3. The van der Waals surface area contributed by atoms with Crippen LogP contribution in [-0.2, 0) is 4.79 Å². The van der Waals surface area contributed by atoms with Crippen molar-refractivity contribution in [3.8, 4) is 11.5 Å². The van der Waals surface area contributed by atoms with Crippen molar-refractivity contribution in [2.45, 2.75) is 13.0 Å². The molecular weight excluding hydrogens is 328 g/mol. The number of nitrogens with one attached hydrogen (secondary N) is 1. The van der Waals surface area contributed by atoms with Gasteiger partial charge in [-0.3, -0.25) is 4.79 Å². The summed E-state index contributed by atoms with van der Waals surface area (Å²) >= 11 is 1.48. The summed E-state index contributed by atoms with van der Waals surface area (Å²) in [5.41, 5.74) is 1.39. The number of amides is 1. The highest BCUT2D eigenvalue weighted by Crippen LogP contribution is 2.24. The van der Waals surface area contributed by atoms with E-state index in [9.17, 15) is 14.7 Å². The molecule has 2 N–H and O–H groups in total. The second kappa shape index (κ2) is 6.67. The topological polar surface area (TPSA) is 92.4 Å². The summed E-state index contributed by atoms with van der Waals surface area (Å²) in [6.45, 7) is 1.88. The second-order valence-corrected chi connectivity index (χ2v) is 6.17. The maximum Gasteiger partial charge on any atom is 0.330 e. The Balaban J connectivity index is 1.79. The molecule has 1 aromatic carbocycles. The molecule has 24 heavy (non-hydrogen) atoms. The predicted molar refractivity (Wildman–Crippen MR) is 88.8 cm³/mol. The standard InChI is InChI=1S/C17H14N2O4S/c1-10-18-13(9-24-10)14-7-12(8-23-14)16(20)19-15(17(21)22)11-5-3-2-4-6-11/h2-9,15H,1H3,(H,19,20)(H,21,22)/t15-/m0/s1. The molecule has 0 radical (unpaired) electrons. The van der Waals surface area contributed by atoms with E-state index in [-0.39, 0.29) is 5.56 Å². The van der Waals surface area contributed by atoms with Gasteiger partial charge in [-0.25, -0.2) is 9.78 Å². The zero-order chi connectivity index (χ0) is 17.1. The van der Waals surface area contributed by atoms with E-state index in [1.54, 1.807) is 36.4 Å². The third-order valence-corrected chi connectivity index (χ3v) is 4.16. The highest BCUT2D eigenvalue weighted by atomic mass is 32.1. The summed E-state index contributed by atoms with van der Waals surface area (Å²) in [4.78, 5) is 28.1. The van der Waals surface area contributed by atoms with E-state index >= 15 is 0 Å². The van der Waals surface area contributed by atoms with Crippen molar-refractivity contribution in [3.05, 3.63) is 64.2 Å². The van der Waals surface area contributed by atoms with Gasteiger partial charge in [-0.2, -0.15) is 0 Å². The van der Waals surface area contributed by atoms with Crippen molar-refractivity contribution in [1.29, 1.82) is 0 Å². The van der Waals surface area contributed by atoms with Crippen LogP contribution in [0, 0.1) is 6.92 Å². The molecule has 0 fully saturated rings. The Bertz CT molecular complexity index is 870. The average molecular weight is 342 g/mol. The molecule has 0 bridgehead atoms. The number of carbonyl (C=O) groups is 2. The Kier molecular flexibility index (Phi) is 4.43. The van der Waals surface area contributed by atoms with Crippen LogP contribution in [0.15, 0.2) is 52.5 Å². The molecule has 1 atom stereocenters. The van der Waals surface area contributed by atoms with Crippen molar-refractivity contribution in [2.75, 3.05) is 0 Å². The zero-order valence-corrected chi connectivity index (χ0v) is 13.5. The van der Waals surface area contributed by atoms with Crippen LogP contribution in [-0.4, -0.2) is 22.0 Å². The molecule has 0 saturated heterocycles. The molecular formula is C17H14N2O4S. The molecule has 7 heteroatoms. The van der Waals surface area contributed by atoms with Gasteiger partial charge < -0.3 is 14.8 Å². The predicted octanol–water partition coefficient (Wildman–Crippen LogP) is 3.27. The number of aliphatic carboxylic acids is 1. The van der Waals surface area contributed by atoms with E-state index in [4.69, 9.17) is 4.42 Å². The lowest BCUT2D eigenvalue weighted by Crippen LogP contribution is -2.33. The van der Waals surface area contributed by atoms with Gasteiger partial charge >= 0.3 is 5.97 Å². The summed E-state index contributed by atoms with van der Waals surface area (Å²) in [6, 6.07) is 8.95. The highest BCUT2D eigenvalue weighted by molar-refractivity contribution is 7.09. The van der Waals surface area contributed by atoms with E-state index in [1.807, 2.05) is 12.3 Å². The summed E-state index contributed by atoms with van der Waals surface area (Å²) in [5, 5.41) is 14.6. The molecule has 1 amide bonds. The molecule has 2 heterocycles. The van der Waals surface area contributed by atoms with E-state index < -0.39 is 17.9 Å². The molecule has 0 unspecified atom stereocenters. The number of carboxylic acid groups (broad SMARTS) is 1. The third-order valence-electron chi connectivity index (χ3n) is 3.39. The minimum atomic E-state index is -1.13. The fourth-order valence-corrected chi connectivity index (χ4v) is 2.82. The van der Waals surface area contributed by atoms with Gasteiger partial charge in [0, 0.05) is 5.38 Å². The first kappa shape index (κ1) is 15.9. The van der Waals surface area contributed by atoms with Crippen molar-refractivity contribution in [3.63, 3.8) is 0 Å². The number of thiazole rings is 1. The average Bonchev–Trinajstić information content (AvgIpc) is 3.21. The summed E-state index contributed by atoms with van der Waals surface area (Å²) in [7, 11) is 0. The number of carbonyl (C=O) groups excluding carboxylic acids is 1. The fraction of sp³-hybridized carbons (Fsp3) is 0.118. The van der Waals surface area contributed by atoms with Gasteiger partial charge in [-0.05, 0) is 18.6 Å². The zero-order valence-electron chi connectivity index (χ0n) is 12.7. The molecule has 0 aliphatic heterocycles. The van der Waals surface area contributed by atoms with Gasteiger partial charge in [0.1, 0.15) is 12.0 Å². The van der Waals surface area contributed by atoms with Crippen LogP contribution in [0.4, 0.5) is 0 Å². The van der Waals surface area contributed by atoms with Gasteiger partial charge in [-0.15, -0.1) is 11.3 Å². The number of nitrogens with zero attached hydrogens (tertiary/aromatic N) is 1. The van der Waals surface area contributed by atoms with Crippen molar-refractivity contribution in [1.82, 2.24) is 10.3 Å². The number of hydrogen-bond acceptors (Lipinski definition) is 5. The molecule has 122 valence electrons. The molecule has 6 nitrogen and oxygen atoms in total. The Labute approximate surface area is 141 Å². The Morgan fingerprint density at radius 3 is 2.67 bits per heavy atom. The molecule has 0 aliphatic rings. The van der Waals surface area contributed by atoms with Crippen LogP contribution in [0.25, 0.3) is 11.5 Å². The Morgan fingerprint density at radius 1 is 1.29 bits per heavy atom. The van der Waals surface area contributed by atoms with Crippen LogP contribution in [0.5, 0.6) is 0 Å². The smallest absolute Gasteiger partial charge is 0.330 e. The number of aryl methyl sites for hydroxylation is 1. The van der Waals surface area contributed by atoms with Crippen LogP contribution >= 0.6 is 11.3 Å². The number of rotatable bonds is 5. The van der Waals surface area contributed by atoms with Crippen molar-refractivity contribution in [2.24, 2.45) is 0 Å². The largest absolute Gasteiger partial charge is 0.479 e. The minimum absolute atomic E-state index is 0.248. The molecule has 0 aliphatic carbocycles. The number of carboxylic acids is 1. The van der Waals surface area contributed by atoms with E-state index in [0.29, 0.717) is 17.0 Å². The van der Waals surface area contributed by atoms with Crippen LogP contribution in [0.2, 0.25) is 0 Å². The molecule has 2 aromatic heterocycles. The Morgan fingerprint density at radius 2 is 2.04 bits per heavy atom. The Hall–Kier alpha value is -2.93. The lowest BCUT2D eigenvalue weighted by molar-refractivity contribution is -0.139. The number of aromatic nitrogens is 1.